The summed E-state index contributed by atoms with van der Waals surface area (Å²) >= 11 is 0. The zero-order valence-electron chi connectivity index (χ0n) is 10.5. The summed E-state index contributed by atoms with van der Waals surface area (Å²) in [4.78, 5) is 11.2. The molecule has 4 heteroatoms. The quantitative estimate of drug-likeness (QED) is 0.749. The standard InChI is InChI=1S/C14H20N2O2/c15-14(17)13-6-2-1-4-11(13)10-16-8-7-12-5-3-9-18-12/h1-2,4,6,12,16H,3,5,7-10H2,(H2,15,17). The van der Waals surface area contributed by atoms with Gasteiger partial charge in [-0.2, -0.15) is 0 Å². The van der Waals surface area contributed by atoms with Crippen molar-refractivity contribution in [3.05, 3.63) is 35.4 Å². The number of amides is 1. The molecule has 18 heavy (non-hydrogen) atoms. The summed E-state index contributed by atoms with van der Waals surface area (Å²) < 4.78 is 5.55. The predicted molar refractivity (Wildman–Crippen MR) is 70.3 cm³/mol. The van der Waals surface area contributed by atoms with Gasteiger partial charge < -0.3 is 15.8 Å². The molecular formula is C14H20N2O2. The largest absolute Gasteiger partial charge is 0.378 e. The fourth-order valence-corrected chi connectivity index (χ4v) is 2.27. The van der Waals surface area contributed by atoms with Gasteiger partial charge >= 0.3 is 0 Å². The van der Waals surface area contributed by atoms with E-state index in [1.54, 1.807) is 6.07 Å². The highest BCUT2D eigenvalue weighted by molar-refractivity contribution is 5.94. The molecule has 1 heterocycles. The van der Waals surface area contributed by atoms with Gasteiger partial charge in [0.1, 0.15) is 0 Å². The Morgan fingerprint density at radius 3 is 3.00 bits per heavy atom. The van der Waals surface area contributed by atoms with E-state index in [2.05, 4.69) is 5.32 Å². The number of nitrogens with one attached hydrogen (secondary N) is 1. The van der Waals surface area contributed by atoms with Gasteiger partial charge in [0.2, 0.25) is 5.91 Å². The van der Waals surface area contributed by atoms with Crippen LogP contribution in [0.2, 0.25) is 0 Å². The first-order valence-corrected chi connectivity index (χ1v) is 6.47. The summed E-state index contributed by atoms with van der Waals surface area (Å²) in [5.74, 6) is -0.369. The van der Waals surface area contributed by atoms with Crippen LogP contribution in [-0.4, -0.2) is 25.2 Å². The summed E-state index contributed by atoms with van der Waals surface area (Å²) in [6.45, 7) is 2.47. The van der Waals surface area contributed by atoms with E-state index in [4.69, 9.17) is 10.5 Å². The monoisotopic (exact) mass is 248 g/mol. The molecule has 2 rings (SSSR count). The number of hydrogen-bond donors (Lipinski definition) is 2. The number of ether oxygens (including phenoxy) is 1. The lowest BCUT2D eigenvalue weighted by Gasteiger charge is -2.11. The number of nitrogens with two attached hydrogens (primary N) is 1. The Morgan fingerprint density at radius 1 is 1.44 bits per heavy atom. The van der Waals surface area contributed by atoms with Crippen molar-refractivity contribution >= 4 is 5.91 Å². The zero-order chi connectivity index (χ0) is 12.8. The van der Waals surface area contributed by atoms with Gasteiger partial charge in [-0.15, -0.1) is 0 Å². The molecule has 0 spiro atoms. The second-order valence-corrected chi connectivity index (χ2v) is 4.62. The molecule has 1 fully saturated rings. The van der Waals surface area contributed by atoms with E-state index >= 15 is 0 Å². The van der Waals surface area contributed by atoms with Crippen LogP contribution in [-0.2, 0) is 11.3 Å². The number of carbonyl (C=O) groups is 1. The molecule has 1 amide bonds. The van der Waals surface area contributed by atoms with E-state index in [1.165, 1.54) is 12.8 Å². The number of carbonyl (C=O) groups excluding carboxylic acids is 1. The van der Waals surface area contributed by atoms with Gasteiger partial charge in [0.05, 0.1) is 6.10 Å². The highest BCUT2D eigenvalue weighted by Gasteiger charge is 2.14. The van der Waals surface area contributed by atoms with Crippen molar-refractivity contribution in [3.63, 3.8) is 0 Å². The molecule has 3 N–H and O–H groups in total. The molecule has 1 aliphatic rings. The molecule has 1 aromatic carbocycles. The van der Waals surface area contributed by atoms with E-state index in [0.717, 1.165) is 25.1 Å². The minimum Gasteiger partial charge on any atom is -0.378 e. The maximum atomic E-state index is 11.2. The average Bonchev–Trinajstić information content (AvgIpc) is 2.88. The van der Waals surface area contributed by atoms with Crippen LogP contribution in [0.3, 0.4) is 0 Å². The molecule has 1 saturated heterocycles. The van der Waals surface area contributed by atoms with Crippen molar-refractivity contribution in [1.29, 1.82) is 0 Å². The van der Waals surface area contributed by atoms with Crippen molar-refractivity contribution in [2.24, 2.45) is 5.73 Å². The third kappa shape index (κ3) is 3.55. The van der Waals surface area contributed by atoms with Crippen molar-refractivity contribution in [3.8, 4) is 0 Å². The Morgan fingerprint density at radius 2 is 2.28 bits per heavy atom. The molecule has 0 radical (unpaired) electrons. The first kappa shape index (κ1) is 13.1. The Balaban J connectivity index is 1.77. The Hall–Kier alpha value is -1.39. The van der Waals surface area contributed by atoms with E-state index in [1.807, 2.05) is 18.2 Å². The molecule has 0 bridgehead atoms. The van der Waals surface area contributed by atoms with Gasteiger partial charge in [-0.25, -0.2) is 0 Å². The molecule has 1 unspecified atom stereocenters. The van der Waals surface area contributed by atoms with Crippen LogP contribution < -0.4 is 11.1 Å². The fraction of sp³-hybridized carbons (Fsp3) is 0.500. The molecule has 0 aliphatic carbocycles. The molecule has 0 aromatic heterocycles. The highest BCUT2D eigenvalue weighted by atomic mass is 16.5. The summed E-state index contributed by atoms with van der Waals surface area (Å²) in [5.41, 5.74) is 6.89. The Bertz CT molecular complexity index is 401. The molecule has 98 valence electrons. The predicted octanol–water partition coefficient (Wildman–Crippen LogP) is 1.44. The van der Waals surface area contributed by atoms with Gasteiger partial charge in [0.15, 0.2) is 0 Å². The first-order valence-electron chi connectivity index (χ1n) is 6.47. The van der Waals surface area contributed by atoms with E-state index in [0.29, 0.717) is 18.2 Å². The zero-order valence-corrected chi connectivity index (χ0v) is 10.5. The number of hydrogen-bond acceptors (Lipinski definition) is 3. The first-order chi connectivity index (χ1) is 8.77. The molecular weight excluding hydrogens is 228 g/mol. The minimum atomic E-state index is -0.369. The van der Waals surface area contributed by atoms with Crippen molar-refractivity contribution in [2.75, 3.05) is 13.2 Å². The van der Waals surface area contributed by atoms with Crippen molar-refractivity contribution < 1.29 is 9.53 Å². The third-order valence-electron chi connectivity index (χ3n) is 3.27. The molecule has 1 atom stereocenters. The van der Waals surface area contributed by atoms with Gasteiger partial charge in [0, 0.05) is 18.7 Å². The van der Waals surface area contributed by atoms with Gasteiger partial charge in [0.25, 0.3) is 0 Å². The van der Waals surface area contributed by atoms with E-state index in [-0.39, 0.29) is 5.91 Å². The lowest BCUT2D eigenvalue weighted by atomic mass is 10.1. The van der Waals surface area contributed by atoms with E-state index in [9.17, 15) is 4.79 Å². The molecule has 0 saturated carbocycles. The highest BCUT2D eigenvalue weighted by Crippen LogP contribution is 2.14. The number of benzene rings is 1. The van der Waals surface area contributed by atoms with Gasteiger partial charge in [-0.05, 0) is 37.4 Å². The smallest absolute Gasteiger partial charge is 0.249 e. The molecule has 4 nitrogen and oxygen atoms in total. The second kappa shape index (κ2) is 6.52. The molecule has 1 aromatic rings. The Labute approximate surface area is 108 Å². The summed E-state index contributed by atoms with van der Waals surface area (Å²) in [6, 6.07) is 7.44. The Kier molecular flexibility index (Phi) is 4.73. The number of rotatable bonds is 6. The minimum absolute atomic E-state index is 0.369. The van der Waals surface area contributed by atoms with Crippen molar-refractivity contribution in [2.45, 2.75) is 31.9 Å². The number of primary amides is 1. The van der Waals surface area contributed by atoms with Crippen LogP contribution in [0, 0.1) is 0 Å². The SMILES string of the molecule is NC(=O)c1ccccc1CNCCC1CCCO1. The van der Waals surface area contributed by atoms with Gasteiger partial charge in [-0.1, -0.05) is 18.2 Å². The van der Waals surface area contributed by atoms with Crippen LogP contribution in [0.4, 0.5) is 0 Å². The lowest BCUT2D eigenvalue weighted by molar-refractivity contribution is 0.0997. The normalized spacial score (nSPS) is 19.0. The summed E-state index contributed by atoms with van der Waals surface area (Å²) in [6.07, 6.45) is 3.77. The van der Waals surface area contributed by atoms with Gasteiger partial charge in [-0.3, -0.25) is 4.79 Å². The van der Waals surface area contributed by atoms with Crippen LogP contribution in [0.15, 0.2) is 24.3 Å². The van der Waals surface area contributed by atoms with Crippen LogP contribution in [0.25, 0.3) is 0 Å². The van der Waals surface area contributed by atoms with Crippen molar-refractivity contribution in [1.82, 2.24) is 5.32 Å². The fourth-order valence-electron chi connectivity index (χ4n) is 2.27. The maximum absolute atomic E-state index is 11.2. The van der Waals surface area contributed by atoms with Crippen LogP contribution in [0.1, 0.15) is 35.2 Å². The topological polar surface area (TPSA) is 64.4 Å². The maximum Gasteiger partial charge on any atom is 0.249 e. The summed E-state index contributed by atoms with van der Waals surface area (Å²) in [7, 11) is 0. The molecule has 1 aliphatic heterocycles. The lowest BCUT2D eigenvalue weighted by Crippen LogP contribution is -2.22. The van der Waals surface area contributed by atoms with E-state index < -0.39 is 0 Å². The summed E-state index contributed by atoms with van der Waals surface area (Å²) in [5, 5.41) is 3.34. The third-order valence-corrected chi connectivity index (χ3v) is 3.27. The van der Waals surface area contributed by atoms with Crippen LogP contribution >= 0.6 is 0 Å². The second-order valence-electron chi connectivity index (χ2n) is 4.62. The average molecular weight is 248 g/mol. The van der Waals surface area contributed by atoms with Crippen LogP contribution in [0.5, 0.6) is 0 Å².